The van der Waals surface area contributed by atoms with Gasteiger partial charge in [0.15, 0.2) is 0 Å². The van der Waals surface area contributed by atoms with Gasteiger partial charge in [-0.3, -0.25) is 0 Å². The summed E-state index contributed by atoms with van der Waals surface area (Å²) < 4.78 is 0. The molecule has 0 aromatic rings. The Balaban J connectivity index is 1.80. The van der Waals surface area contributed by atoms with Crippen molar-refractivity contribution in [2.45, 2.75) is 32.1 Å². The first-order chi connectivity index (χ1) is 6.79. The van der Waals surface area contributed by atoms with E-state index in [0.717, 1.165) is 11.8 Å². The first kappa shape index (κ1) is 10.8. The van der Waals surface area contributed by atoms with Crippen LogP contribution in [0.15, 0.2) is 0 Å². The smallest absolute Gasteiger partial charge is 0.000502 e. The Morgan fingerprint density at radius 1 is 1.36 bits per heavy atom. The second kappa shape index (κ2) is 4.44. The van der Waals surface area contributed by atoms with Gasteiger partial charge < -0.3 is 5.32 Å². The number of hydrogen-bond acceptors (Lipinski definition) is 2. The van der Waals surface area contributed by atoms with E-state index in [4.69, 9.17) is 0 Å². The van der Waals surface area contributed by atoms with Gasteiger partial charge in [0, 0.05) is 6.54 Å². The van der Waals surface area contributed by atoms with Gasteiger partial charge in [0.05, 0.1) is 0 Å². The van der Waals surface area contributed by atoms with Crippen molar-refractivity contribution in [3.05, 3.63) is 0 Å². The number of fused-ring (bicyclic) bond motifs is 1. The molecule has 0 aliphatic heterocycles. The molecule has 2 aliphatic rings. The molecule has 2 fully saturated rings. The molecule has 0 bridgehead atoms. The van der Waals surface area contributed by atoms with Crippen molar-refractivity contribution in [3.63, 3.8) is 0 Å². The Morgan fingerprint density at radius 2 is 2.07 bits per heavy atom. The molecule has 2 rings (SSSR count). The minimum Gasteiger partial charge on any atom is -0.319 e. The van der Waals surface area contributed by atoms with Gasteiger partial charge in [-0.25, -0.2) is 0 Å². The van der Waals surface area contributed by atoms with Crippen molar-refractivity contribution in [2.75, 3.05) is 25.6 Å². The Labute approximate surface area is 92.4 Å². The molecule has 0 amide bonds. The Morgan fingerprint density at radius 3 is 2.64 bits per heavy atom. The van der Waals surface area contributed by atoms with Gasteiger partial charge >= 0.3 is 0 Å². The maximum atomic E-state index is 3.41. The van der Waals surface area contributed by atoms with Crippen molar-refractivity contribution in [1.29, 1.82) is 0 Å². The highest BCUT2D eigenvalue weighted by atomic mass is 32.2. The van der Waals surface area contributed by atoms with Crippen LogP contribution in [0.2, 0.25) is 0 Å². The van der Waals surface area contributed by atoms with Gasteiger partial charge in [0.25, 0.3) is 0 Å². The number of rotatable bonds is 6. The minimum absolute atomic E-state index is 0.693. The van der Waals surface area contributed by atoms with Crippen molar-refractivity contribution in [1.82, 2.24) is 5.32 Å². The van der Waals surface area contributed by atoms with Crippen LogP contribution < -0.4 is 5.32 Å². The molecule has 14 heavy (non-hydrogen) atoms. The van der Waals surface area contributed by atoms with E-state index < -0.39 is 0 Å². The Bertz CT molecular complexity index is 183. The van der Waals surface area contributed by atoms with E-state index in [1.54, 1.807) is 6.42 Å². The zero-order valence-corrected chi connectivity index (χ0v) is 10.3. The highest BCUT2D eigenvalue weighted by molar-refractivity contribution is 7.98. The van der Waals surface area contributed by atoms with Gasteiger partial charge in [0.1, 0.15) is 0 Å². The summed E-state index contributed by atoms with van der Waals surface area (Å²) in [6.07, 6.45) is 9.69. The average Bonchev–Trinajstić information content (AvgIpc) is 2.76. The van der Waals surface area contributed by atoms with Crippen LogP contribution >= 0.6 is 11.8 Å². The van der Waals surface area contributed by atoms with E-state index in [-0.39, 0.29) is 0 Å². The lowest BCUT2D eigenvalue weighted by Gasteiger charge is -2.30. The summed E-state index contributed by atoms with van der Waals surface area (Å²) in [5.41, 5.74) is 0.693. The fourth-order valence-corrected chi connectivity index (χ4v) is 3.84. The van der Waals surface area contributed by atoms with Crippen LogP contribution in [0.25, 0.3) is 0 Å². The molecule has 1 N–H and O–H groups in total. The molecule has 2 saturated carbocycles. The van der Waals surface area contributed by atoms with E-state index in [0.29, 0.717) is 5.41 Å². The largest absolute Gasteiger partial charge is 0.319 e. The quantitative estimate of drug-likeness (QED) is 0.681. The van der Waals surface area contributed by atoms with Crippen LogP contribution in [0.5, 0.6) is 0 Å². The fourth-order valence-electron chi connectivity index (χ4n) is 3.41. The van der Waals surface area contributed by atoms with E-state index >= 15 is 0 Å². The maximum absolute atomic E-state index is 3.41. The van der Waals surface area contributed by atoms with E-state index in [2.05, 4.69) is 18.6 Å². The zero-order chi connectivity index (χ0) is 10.0. The summed E-state index contributed by atoms with van der Waals surface area (Å²) in [4.78, 5) is 0. The lowest BCUT2D eigenvalue weighted by molar-refractivity contribution is 0.234. The topological polar surface area (TPSA) is 12.0 Å². The molecule has 82 valence electrons. The Hall–Kier alpha value is 0.310. The third kappa shape index (κ3) is 2.27. The average molecular weight is 213 g/mol. The van der Waals surface area contributed by atoms with Crippen LogP contribution in [0.3, 0.4) is 0 Å². The Kier molecular flexibility index (Phi) is 3.43. The first-order valence-corrected chi connectivity index (χ1v) is 7.32. The third-order valence-electron chi connectivity index (χ3n) is 4.07. The van der Waals surface area contributed by atoms with Crippen LogP contribution in [-0.2, 0) is 0 Å². The van der Waals surface area contributed by atoms with Crippen LogP contribution in [0, 0.1) is 17.3 Å². The highest BCUT2D eigenvalue weighted by Gasteiger charge is 2.52. The maximum Gasteiger partial charge on any atom is 0.000502 e. The number of nitrogens with one attached hydrogen (secondary N) is 1. The first-order valence-electron chi connectivity index (χ1n) is 5.93. The molecule has 0 aromatic heterocycles. The fraction of sp³-hybridized carbons (Fsp3) is 1.00. The van der Waals surface area contributed by atoms with Crippen LogP contribution in [-0.4, -0.2) is 25.6 Å². The molecule has 2 heteroatoms. The SMILES string of the molecule is CNCC1(CCCSC)CC2CC2C1. The van der Waals surface area contributed by atoms with Crippen molar-refractivity contribution < 1.29 is 0 Å². The molecule has 1 nitrogen and oxygen atoms in total. The second-order valence-electron chi connectivity index (χ2n) is 5.29. The summed E-state index contributed by atoms with van der Waals surface area (Å²) in [5, 5.41) is 3.41. The van der Waals surface area contributed by atoms with Crippen molar-refractivity contribution in [3.8, 4) is 0 Å². The summed E-state index contributed by atoms with van der Waals surface area (Å²) in [6, 6.07) is 0. The van der Waals surface area contributed by atoms with Gasteiger partial charge in [0.2, 0.25) is 0 Å². The molecule has 0 heterocycles. The minimum atomic E-state index is 0.693. The molecule has 0 saturated heterocycles. The van der Waals surface area contributed by atoms with Crippen LogP contribution in [0.4, 0.5) is 0 Å². The lowest BCUT2D eigenvalue weighted by Crippen LogP contribution is -2.31. The van der Waals surface area contributed by atoms with Gasteiger partial charge in [-0.1, -0.05) is 0 Å². The summed E-state index contributed by atoms with van der Waals surface area (Å²) in [6.45, 7) is 1.26. The predicted molar refractivity (Wildman–Crippen MR) is 64.8 cm³/mol. The monoisotopic (exact) mass is 213 g/mol. The van der Waals surface area contributed by atoms with Crippen molar-refractivity contribution in [2.24, 2.45) is 17.3 Å². The van der Waals surface area contributed by atoms with Crippen molar-refractivity contribution >= 4 is 11.8 Å². The normalized spacial score (nSPS) is 39.9. The molecule has 2 aliphatic carbocycles. The number of hydrogen-bond donors (Lipinski definition) is 1. The zero-order valence-electron chi connectivity index (χ0n) is 9.51. The summed E-state index contributed by atoms with van der Waals surface area (Å²) >= 11 is 1.99. The van der Waals surface area contributed by atoms with Gasteiger partial charge in [-0.2, -0.15) is 11.8 Å². The second-order valence-corrected chi connectivity index (χ2v) is 6.28. The molecule has 0 aromatic carbocycles. The summed E-state index contributed by atoms with van der Waals surface area (Å²) in [5.74, 6) is 3.59. The van der Waals surface area contributed by atoms with E-state index in [1.807, 2.05) is 11.8 Å². The predicted octanol–water partition coefficient (Wildman–Crippen LogP) is 2.77. The molecule has 2 unspecified atom stereocenters. The third-order valence-corrected chi connectivity index (χ3v) is 4.76. The molecular formula is C12H23NS. The standard InChI is InChI=1S/C12H23NS/c1-13-9-12(4-3-5-14-2)7-10-6-11(10)8-12/h10-11,13H,3-9H2,1-2H3. The van der Waals surface area contributed by atoms with E-state index in [9.17, 15) is 0 Å². The van der Waals surface area contributed by atoms with Crippen LogP contribution in [0.1, 0.15) is 32.1 Å². The molecule has 2 atom stereocenters. The van der Waals surface area contributed by atoms with E-state index in [1.165, 1.54) is 38.0 Å². The van der Waals surface area contributed by atoms with Gasteiger partial charge in [-0.05, 0) is 68.4 Å². The number of thioether (sulfide) groups is 1. The molecule has 0 radical (unpaired) electrons. The molecular weight excluding hydrogens is 190 g/mol. The van der Waals surface area contributed by atoms with Gasteiger partial charge in [-0.15, -0.1) is 0 Å². The lowest BCUT2D eigenvalue weighted by atomic mass is 9.79. The summed E-state index contributed by atoms with van der Waals surface area (Å²) in [7, 11) is 2.11. The molecule has 0 spiro atoms. The highest BCUT2D eigenvalue weighted by Crippen LogP contribution is 2.61.